The number of nitrogens with one attached hydrogen (secondary N) is 3. The molecule has 0 saturated heterocycles. The molecule has 2 aromatic carbocycles. The van der Waals surface area contributed by atoms with E-state index < -0.39 is 0 Å². The van der Waals surface area contributed by atoms with Gasteiger partial charge < -0.3 is 21.4 Å². The van der Waals surface area contributed by atoms with Gasteiger partial charge in [-0.3, -0.25) is 4.79 Å². The Morgan fingerprint density at radius 3 is 2.48 bits per heavy atom. The van der Waals surface area contributed by atoms with Crippen LogP contribution in [0.3, 0.4) is 0 Å². The average Bonchev–Trinajstić information content (AvgIpc) is 2.68. The zero-order chi connectivity index (χ0) is 19.1. The van der Waals surface area contributed by atoms with Gasteiger partial charge in [0, 0.05) is 18.4 Å². The predicted octanol–water partition coefficient (Wildman–Crippen LogP) is 2.93. The quantitative estimate of drug-likeness (QED) is 0.462. The SMILES string of the molecule is Cc1ccc(Nc2nc(=O)c(-c3ccc(CNCCCN)cc3)c[nH]2)cc1. The van der Waals surface area contributed by atoms with Crippen molar-refractivity contribution in [3.05, 3.63) is 76.2 Å². The van der Waals surface area contributed by atoms with Crippen molar-refractivity contribution in [1.29, 1.82) is 0 Å². The van der Waals surface area contributed by atoms with E-state index in [2.05, 4.69) is 20.6 Å². The molecule has 0 unspecified atom stereocenters. The van der Waals surface area contributed by atoms with E-state index >= 15 is 0 Å². The van der Waals surface area contributed by atoms with Gasteiger partial charge in [0.05, 0.1) is 5.56 Å². The van der Waals surface area contributed by atoms with Gasteiger partial charge in [0.25, 0.3) is 5.56 Å². The largest absolute Gasteiger partial charge is 0.331 e. The minimum Gasteiger partial charge on any atom is -0.331 e. The summed E-state index contributed by atoms with van der Waals surface area (Å²) in [4.78, 5) is 19.6. The molecule has 6 nitrogen and oxygen atoms in total. The number of hydrogen-bond donors (Lipinski definition) is 4. The molecule has 140 valence electrons. The maximum Gasteiger partial charge on any atom is 0.282 e. The lowest BCUT2D eigenvalue weighted by atomic mass is 10.1. The van der Waals surface area contributed by atoms with E-state index in [-0.39, 0.29) is 5.56 Å². The van der Waals surface area contributed by atoms with E-state index in [0.717, 1.165) is 36.3 Å². The van der Waals surface area contributed by atoms with Crippen LogP contribution in [-0.4, -0.2) is 23.1 Å². The van der Waals surface area contributed by atoms with E-state index in [1.54, 1.807) is 6.20 Å². The highest BCUT2D eigenvalue weighted by atomic mass is 16.1. The molecule has 0 spiro atoms. The van der Waals surface area contributed by atoms with Crippen LogP contribution in [0.15, 0.2) is 59.5 Å². The van der Waals surface area contributed by atoms with Crippen molar-refractivity contribution in [2.45, 2.75) is 19.9 Å². The van der Waals surface area contributed by atoms with Crippen LogP contribution in [0.4, 0.5) is 11.6 Å². The molecular formula is C21H25N5O. The number of aryl methyl sites for hydroxylation is 1. The summed E-state index contributed by atoms with van der Waals surface area (Å²) in [5.74, 6) is 0.424. The number of H-pyrrole nitrogens is 1. The number of aromatic nitrogens is 2. The monoisotopic (exact) mass is 363 g/mol. The second-order valence-corrected chi connectivity index (χ2v) is 6.47. The number of benzene rings is 2. The van der Waals surface area contributed by atoms with Gasteiger partial charge in [-0.15, -0.1) is 0 Å². The molecule has 0 atom stereocenters. The van der Waals surface area contributed by atoms with Crippen molar-refractivity contribution in [2.75, 3.05) is 18.4 Å². The van der Waals surface area contributed by atoms with Crippen LogP contribution < -0.4 is 21.9 Å². The fraction of sp³-hybridized carbons (Fsp3) is 0.238. The Balaban J connectivity index is 1.68. The Labute approximate surface area is 158 Å². The molecule has 0 aliphatic carbocycles. The molecule has 3 rings (SSSR count). The molecular weight excluding hydrogens is 338 g/mol. The molecule has 0 amide bonds. The van der Waals surface area contributed by atoms with Gasteiger partial charge in [0.1, 0.15) is 0 Å². The highest BCUT2D eigenvalue weighted by Gasteiger charge is 2.06. The van der Waals surface area contributed by atoms with Crippen LogP contribution in [0.5, 0.6) is 0 Å². The molecule has 1 aromatic heterocycles. The minimum atomic E-state index is -0.266. The third-order valence-electron chi connectivity index (χ3n) is 4.26. The van der Waals surface area contributed by atoms with Gasteiger partial charge in [-0.05, 0) is 49.7 Å². The lowest BCUT2D eigenvalue weighted by Gasteiger charge is -2.08. The molecule has 0 aliphatic heterocycles. The summed E-state index contributed by atoms with van der Waals surface area (Å²) >= 11 is 0. The number of hydrogen-bond acceptors (Lipinski definition) is 5. The molecule has 5 N–H and O–H groups in total. The normalized spacial score (nSPS) is 10.7. The van der Waals surface area contributed by atoms with Crippen molar-refractivity contribution in [3.63, 3.8) is 0 Å². The third-order valence-corrected chi connectivity index (χ3v) is 4.26. The van der Waals surface area contributed by atoms with Gasteiger partial charge in [0.15, 0.2) is 0 Å². The van der Waals surface area contributed by atoms with Gasteiger partial charge >= 0.3 is 0 Å². The van der Waals surface area contributed by atoms with Crippen LogP contribution in [-0.2, 0) is 6.54 Å². The lowest BCUT2D eigenvalue weighted by Crippen LogP contribution is -2.17. The van der Waals surface area contributed by atoms with E-state index in [1.165, 1.54) is 5.56 Å². The molecule has 0 radical (unpaired) electrons. The molecule has 27 heavy (non-hydrogen) atoms. The molecule has 3 aromatic rings. The van der Waals surface area contributed by atoms with Crippen molar-refractivity contribution >= 4 is 11.6 Å². The zero-order valence-electron chi connectivity index (χ0n) is 15.5. The molecule has 0 fully saturated rings. The summed E-state index contributed by atoms with van der Waals surface area (Å²) in [5, 5.41) is 6.45. The number of aromatic amines is 1. The minimum absolute atomic E-state index is 0.266. The first-order valence-electron chi connectivity index (χ1n) is 9.09. The average molecular weight is 363 g/mol. The van der Waals surface area contributed by atoms with Gasteiger partial charge in [-0.25, -0.2) is 0 Å². The van der Waals surface area contributed by atoms with Crippen LogP contribution in [0.25, 0.3) is 11.1 Å². The molecule has 0 bridgehead atoms. The summed E-state index contributed by atoms with van der Waals surface area (Å²) < 4.78 is 0. The molecule has 1 heterocycles. The van der Waals surface area contributed by atoms with Gasteiger partial charge in [-0.2, -0.15) is 4.98 Å². The standard InChI is InChI=1S/C21H25N5O/c1-15-3-9-18(10-4-15)25-21-24-14-19(20(27)26-21)17-7-5-16(6-8-17)13-23-12-2-11-22/h3-10,14,23H,2,11-13,22H2,1H3,(H2,24,25,26,27). The Morgan fingerprint density at radius 2 is 1.81 bits per heavy atom. The fourth-order valence-corrected chi connectivity index (χ4v) is 2.70. The predicted molar refractivity (Wildman–Crippen MR) is 110 cm³/mol. The van der Waals surface area contributed by atoms with Gasteiger partial charge in [0.2, 0.25) is 5.95 Å². The van der Waals surface area contributed by atoms with E-state index in [4.69, 9.17) is 5.73 Å². The fourth-order valence-electron chi connectivity index (χ4n) is 2.70. The zero-order valence-corrected chi connectivity index (χ0v) is 15.5. The van der Waals surface area contributed by atoms with Crippen molar-refractivity contribution in [3.8, 4) is 11.1 Å². The molecule has 6 heteroatoms. The Hall–Kier alpha value is -2.96. The van der Waals surface area contributed by atoms with E-state index in [9.17, 15) is 4.79 Å². The summed E-state index contributed by atoms with van der Waals surface area (Å²) in [5.41, 5.74) is 9.83. The first-order chi connectivity index (χ1) is 13.2. The summed E-state index contributed by atoms with van der Waals surface area (Å²) in [6, 6.07) is 15.8. The van der Waals surface area contributed by atoms with Crippen molar-refractivity contribution in [1.82, 2.24) is 15.3 Å². The maximum absolute atomic E-state index is 12.4. The Morgan fingerprint density at radius 1 is 1.07 bits per heavy atom. The van der Waals surface area contributed by atoms with Crippen molar-refractivity contribution in [2.24, 2.45) is 5.73 Å². The number of anilines is 2. The van der Waals surface area contributed by atoms with Crippen molar-refractivity contribution < 1.29 is 0 Å². The summed E-state index contributed by atoms with van der Waals surface area (Å²) in [6.07, 6.45) is 2.66. The second kappa shape index (κ2) is 9.12. The highest BCUT2D eigenvalue weighted by molar-refractivity contribution is 5.63. The lowest BCUT2D eigenvalue weighted by molar-refractivity contribution is 0.655. The smallest absolute Gasteiger partial charge is 0.282 e. The van der Waals surface area contributed by atoms with Crippen LogP contribution in [0, 0.1) is 6.92 Å². The van der Waals surface area contributed by atoms with E-state index in [1.807, 2.05) is 55.5 Å². The molecule has 0 saturated carbocycles. The second-order valence-electron chi connectivity index (χ2n) is 6.47. The van der Waals surface area contributed by atoms with Crippen LogP contribution >= 0.6 is 0 Å². The molecule has 0 aliphatic rings. The number of nitrogens with two attached hydrogens (primary N) is 1. The Kier molecular flexibility index (Phi) is 6.35. The third kappa shape index (κ3) is 5.26. The topological polar surface area (TPSA) is 95.8 Å². The maximum atomic E-state index is 12.4. The summed E-state index contributed by atoms with van der Waals surface area (Å²) in [6.45, 7) is 4.41. The number of nitrogens with zero attached hydrogens (tertiary/aromatic N) is 1. The Bertz CT molecular complexity index is 917. The summed E-state index contributed by atoms with van der Waals surface area (Å²) in [7, 11) is 0. The number of rotatable bonds is 8. The first-order valence-corrected chi connectivity index (χ1v) is 9.09. The van der Waals surface area contributed by atoms with Crippen LogP contribution in [0.1, 0.15) is 17.5 Å². The highest BCUT2D eigenvalue weighted by Crippen LogP contribution is 2.17. The van der Waals surface area contributed by atoms with Gasteiger partial charge in [-0.1, -0.05) is 42.0 Å². The van der Waals surface area contributed by atoms with Crippen LogP contribution in [0.2, 0.25) is 0 Å². The van der Waals surface area contributed by atoms with E-state index in [0.29, 0.717) is 18.1 Å². The first kappa shape index (κ1) is 18.8.